The van der Waals surface area contributed by atoms with Crippen molar-refractivity contribution in [2.45, 2.75) is 20.0 Å². The number of rotatable bonds is 5. The standard InChI is InChI=1S/C16H14BrCl2N5O/c1-2-23-8-12(17)14(21-23)16(25)20-15-13(19)9-24(22-15)7-10-3-5-11(18)6-4-10/h3-6,8-9H,2,7H2,1H3,(H,20,22,25). The minimum absolute atomic E-state index is 0.283. The molecule has 3 rings (SSSR count). The summed E-state index contributed by atoms with van der Waals surface area (Å²) in [5, 5.41) is 12.2. The van der Waals surface area contributed by atoms with E-state index in [0.717, 1.165) is 5.56 Å². The second-order valence-corrected chi connectivity index (χ2v) is 6.98. The first kappa shape index (κ1) is 18.0. The predicted molar refractivity (Wildman–Crippen MR) is 101 cm³/mol. The zero-order valence-corrected chi connectivity index (χ0v) is 16.3. The van der Waals surface area contributed by atoms with Gasteiger partial charge in [0, 0.05) is 24.0 Å². The second-order valence-electron chi connectivity index (χ2n) is 5.29. The van der Waals surface area contributed by atoms with Gasteiger partial charge < -0.3 is 5.32 Å². The summed E-state index contributed by atoms with van der Waals surface area (Å²) in [7, 11) is 0. The number of carbonyl (C=O) groups excluding carboxylic acids is 1. The van der Waals surface area contributed by atoms with Crippen LogP contribution in [0.4, 0.5) is 5.82 Å². The molecule has 1 N–H and O–H groups in total. The number of anilines is 1. The summed E-state index contributed by atoms with van der Waals surface area (Å²) in [6, 6.07) is 7.44. The lowest BCUT2D eigenvalue weighted by atomic mass is 10.2. The Morgan fingerprint density at radius 2 is 1.88 bits per heavy atom. The lowest BCUT2D eigenvalue weighted by Gasteiger charge is -2.02. The molecule has 0 radical (unpaired) electrons. The van der Waals surface area contributed by atoms with Gasteiger partial charge in [-0.3, -0.25) is 14.2 Å². The molecule has 9 heteroatoms. The van der Waals surface area contributed by atoms with Crippen molar-refractivity contribution in [3.63, 3.8) is 0 Å². The highest BCUT2D eigenvalue weighted by atomic mass is 79.9. The zero-order valence-electron chi connectivity index (χ0n) is 13.2. The number of nitrogens with zero attached hydrogens (tertiary/aromatic N) is 4. The number of aryl methyl sites for hydroxylation is 1. The van der Waals surface area contributed by atoms with E-state index in [2.05, 4.69) is 31.4 Å². The maximum Gasteiger partial charge on any atom is 0.278 e. The first-order valence-corrected chi connectivity index (χ1v) is 9.03. The fourth-order valence-electron chi connectivity index (χ4n) is 2.22. The normalized spacial score (nSPS) is 10.9. The molecule has 2 aromatic heterocycles. The van der Waals surface area contributed by atoms with Gasteiger partial charge in [0.1, 0.15) is 5.02 Å². The summed E-state index contributed by atoms with van der Waals surface area (Å²) in [6.07, 6.45) is 3.40. The Labute approximate surface area is 162 Å². The van der Waals surface area contributed by atoms with Gasteiger partial charge in [-0.05, 0) is 40.5 Å². The minimum Gasteiger partial charge on any atom is -0.302 e. The molecule has 0 aliphatic rings. The third-order valence-electron chi connectivity index (χ3n) is 3.46. The van der Waals surface area contributed by atoms with Gasteiger partial charge in [-0.15, -0.1) is 0 Å². The van der Waals surface area contributed by atoms with Crippen LogP contribution in [0, 0.1) is 0 Å². The molecule has 2 heterocycles. The first-order chi connectivity index (χ1) is 12.0. The summed E-state index contributed by atoms with van der Waals surface area (Å²) in [6.45, 7) is 3.12. The molecule has 0 bridgehead atoms. The van der Waals surface area contributed by atoms with Crippen LogP contribution in [0.5, 0.6) is 0 Å². The highest BCUT2D eigenvalue weighted by Crippen LogP contribution is 2.22. The van der Waals surface area contributed by atoms with Crippen LogP contribution in [0.25, 0.3) is 0 Å². The highest BCUT2D eigenvalue weighted by Gasteiger charge is 2.18. The fraction of sp³-hybridized carbons (Fsp3) is 0.188. The number of halogens is 3. The van der Waals surface area contributed by atoms with Crippen molar-refractivity contribution in [3.05, 3.63) is 62.4 Å². The molecule has 0 unspecified atom stereocenters. The van der Waals surface area contributed by atoms with Crippen LogP contribution in [0.2, 0.25) is 10.0 Å². The van der Waals surface area contributed by atoms with E-state index in [1.54, 1.807) is 21.8 Å². The van der Waals surface area contributed by atoms with Crippen LogP contribution in [-0.4, -0.2) is 25.5 Å². The molecular weight excluding hydrogens is 429 g/mol. The van der Waals surface area contributed by atoms with Crippen LogP contribution in [0.1, 0.15) is 23.0 Å². The molecule has 6 nitrogen and oxygen atoms in total. The Kier molecular flexibility index (Phi) is 5.46. The number of nitrogens with one attached hydrogen (secondary N) is 1. The maximum absolute atomic E-state index is 12.4. The number of benzene rings is 1. The number of amides is 1. The van der Waals surface area contributed by atoms with Crippen molar-refractivity contribution < 1.29 is 4.79 Å². The molecule has 0 aliphatic carbocycles. The average Bonchev–Trinajstić information content (AvgIpc) is 3.12. The van der Waals surface area contributed by atoms with Crippen molar-refractivity contribution >= 4 is 50.9 Å². The topological polar surface area (TPSA) is 64.7 Å². The van der Waals surface area contributed by atoms with Gasteiger partial charge >= 0.3 is 0 Å². The van der Waals surface area contributed by atoms with Crippen molar-refractivity contribution in [2.24, 2.45) is 0 Å². The lowest BCUT2D eigenvalue weighted by Crippen LogP contribution is -2.15. The van der Waals surface area contributed by atoms with Crippen molar-refractivity contribution in [2.75, 3.05) is 5.32 Å². The maximum atomic E-state index is 12.4. The van der Waals surface area contributed by atoms with Crippen LogP contribution in [0.15, 0.2) is 41.1 Å². The minimum atomic E-state index is -0.377. The number of aromatic nitrogens is 4. The van der Waals surface area contributed by atoms with Gasteiger partial charge in [-0.1, -0.05) is 35.3 Å². The molecule has 1 aromatic carbocycles. The molecule has 0 atom stereocenters. The van der Waals surface area contributed by atoms with Gasteiger partial charge in [0.05, 0.1) is 11.0 Å². The predicted octanol–water partition coefficient (Wildman–Crippen LogP) is 4.47. The van der Waals surface area contributed by atoms with E-state index < -0.39 is 0 Å². The Balaban J connectivity index is 1.74. The smallest absolute Gasteiger partial charge is 0.278 e. The van der Waals surface area contributed by atoms with E-state index in [9.17, 15) is 4.79 Å². The van der Waals surface area contributed by atoms with Crippen molar-refractivity contribution in [1.82, 2.24) is 19.6 Å². The molecule has 0 saturated carbocycles. The van der Waals surface area contributed by atoms with Crippen LogP contribution in [-0.2, 0) is 13.1 Å². The Bertz CT molecular complexity index is 904. The SMILES string of the molecule is CCn1cc(Br)c(C(=O)Nc2nn(Cc3ccc(Cl)cc3)cc2Cl)n1. The van der Waals surface area contributed by atoms with Crippen molar-refractivity contribution in [1.29, 1.82) is 0 Å². The molecule has 3 aromatic rings. The number of hydrogen-bond acceptors (Lipinski definition) is 3. The summed E-state index contributed by atoms with van der Waals surface area (Å²) in [4.78, 5) is 12.4. The summed E-state index contributed by atoms with van der Waals surface area (Å²) in [5.74, 6) is -0.0868. The fourth-order valence-corrected chi connectivity index (χ4v) is 3.04. The van der Waals surface area contributed by atoms with Gasteiger partial charge in [-0.25, -0.2) is 0 Å². The van der Waals surface area contributed by atoms with Crippen LogP contribution in [0.3, 0.4) is 0 Å². The zero-order chi connectivity index (χ0) is 18.0. The molecule has 130 valence electrons. The van der Waals surface area contributed by atoms with Crippen LogP contribution < -0.4 is 5.32 Å². The Hall–Kier alpha value is -1.83. The summed E-state index contributed by atoms with van der Waals surface area (Å²) < 4.78 is 3.93. The van der Waals surface area contributed by atoms with Gasteiger partial charge in [-0.2, -0.15) is 10.2 Å². The third kappa shape index (κ3) is 4.23. The van der Waals surface area contributed by atoms with E-state index >= 15 is 0 Å². The third-order valence-corrected chi connectivity index (χ3v) is 4.57. The van der Waals surface area contributed by atoms with Gasteiger partial charge in [0.2, 0.25) is 0 Å². The second kappa shape index (κ2) is 7.59. The molecule has 0 spiro atoms. The van der Waals surface area contributed by atoms with E-state index in [1.165, 1.54) is 0 Å². The average molecular weight is 443 g/mol. The highest BCUT2D eigenvalue weighted by molar-refractivity contribution is 9.10. The largest absolute Gasteiger partial charge is 0.302 e. The molecular formula is C16H14BrCl2N5O. The Morgan fingerprint density at radius 3 is 2.52 bits per heavy atom. The van der Waals surface area contributed by atoms with E-state index in [-0.39, 0.29) is 11.6 Å². The lowest BCUT2D eigenvalue weighted by molar-refractivity contribution is 0.102. The molecule has 25 heavy (non-hydrogen) atoms. The molecule has 1 amide bonds. The molecule has 0 saturated heterocycles. The van der Waals surface area contributed by atoms with E-state index in [1.807, 2.05) is 31.2 Å². The monoisotopic (exact) mass is 441 g/mol. The molecule has 0 aliphatic heterocycles. The number of hydrogen-bond donors (Lipinski definition) is 1. The van der Waals surface area contributed by atoms with Crippen molar-refractivity contribution in [3.8, 4) is 0 Å². The van der Waals surface area contributed by atoms with E-state index in [4.69, 9.17) is 23.2 Å². The first-order valence-electron chi connectivity index (χ1n) is 7.48. The molecule has 0 fully saturated rings. The summed E-state index contributed by atoms with van der Waals surface area (Å²) >= 11 is 15.4. The van der Waals surface area contributed by atoms with Crippen LogP contribution >= 0.6 is 39.1 Å². The van der Waals surface area contributed by atoms with E-state index in [0.29, 0.717) is 33.4 Å². The van der Waals surface area contributed by atoms with Gasteiger partial charge in [0.25, 0.3) is 5.91 Å². The Morgan fingerprint density at radius 1 is 1.16 bits per heavy atom. The van der Waals surface area contributed by atoms with Gasteiger partial charge in [0.15, 0.2) is 11.5 Å². The quantitative estimate of drug-likeness (QED) is 0.633. The summed E-state index contributed by atoms with van der Waals surface area (Å²) in [5.41, 5.74) is 1.30. The number of carbonyl (C=O) groups is 1.